The summed E-state index contributed by atoms with van der Waals surface area (Å²) in [6, 6.07) is 0. The Labute approximate surface area is 136 Å². The quantitative estimate of drug-likeness (QED) is 0.569. The van der Waals surface area contributed by atoms with Crippen LogP contribution in [0.25, 0.3) is 0 Å². The standard InChI is InChI=1S/C13H23Cl3N2O2/c1-2-3-4-5-6-11(19)17-12(13(14,15)16)18-7-9-20-10-8-18/h12H,2-10H2,1H3,(H,17,19). The first-order chi connectivity index (χ1) is 9.45. The molecule has 0 aliphatic carbocycles. The second-order valence-corrected chi connectivity index (χ2v) is 7.34. The summed E-state index contributed by atoms with van der Waals surface area (Å²) in [4.78, 5) is 13.9. The highest BCUT2D eigenvalue weighted by atomic mass is 35.6. The van der Waals surface area contributed by atoms with Gasteiger partial charge in [-0.1, -0.05) is 61.0 Å². The summed E-state index contributed by atoms with van der Waals surface area (Å²) in [5.74, 6) is -0.0658. The summed E-state index contributed by atoms with van der Waals surface area (Å²) in [7, 11) is 0. The third-order valence-corrected chi connectivity index (χ3v) is 3.90. The molecule has 0 radical (unpaired) electrons. The molecule has 1 fully saturated rings. The Bertz CT molecular complexity index is 292. The Morgan fingerprint density at radius 2 is 1.90 bits per heavy atom. The molecule has 0 aromatic rings. The van der Waals surface area contributed by atoms with E-state index in [2.05, 4.69) is 12.2 Å². The predicted octanol–water partition coefficient (Wildman–Crippen LogP) is 3.10. The van der Waals surface area contributed by atoms with Gasteiger partial charge in [-0.05, 0) is 6.42 Å². The molecule has 0 saturated carbocycles. The highest BCUT2D eigenvalue weighted by Gasteiger charge is 2.38. The number of nitrogens with zero attached hydrogens (tertiary/aromatic N) is 1. The number of carbonyl (C=O) groups is 1. The van der Waals surface area contributed by atoms with Gasteiger partial charge in [-0.2, -0.15) is 0 Å². The molecular formula is C13H23Cl3N2O2. The number of unbranched alkanes of at least 4 members (excludes halogenated alkanes) is 3. The number of ether oxygens (including phenoxy) is 1. The van der Waals surface area contributed by atoms with E-state index in [1.807, 2.05) is 4.90 Å². The Balaban J connectivity index is 2.45. The molecule has 1 heterocycles. The average Bonchev–Trinajstić information content (AvgIpc) is 2.41. The number of halogens is 3. The summed E-state index contributed by atoms with van der Waals surface area (Å²) >= 11 is 18.0. The number of carbonyl (C=O) groups excluding carboxylic acids is 1. The van der Waals surface area contributed by atoms with Crippen molar-refractivity contribution < 1.29 is 9.53 Å². The van der Waals surface area contributed by atoms with Crippen molar-refractivity contribution in [2.45, 2.75) is 49.0 Å². The van der Waals surface area contributed by atoms with E-state index in [9.17, 15) is 4.79 Å². The van der Waals surface area contributed by atoms with Gasteiger partial charge in [0.1, 0.15) is 6.17 Å². The molecule has 1 amide bonds. The van der Waals surface area contributed by atoms with Crippen LogP contribution in [0, 0.1) is 0 Å². The third-order valence-electron chi connectivity index (χ3n) is 3.28. The molecule has 0 aromatic carbocycles. The number of nitrogens with one attached hydrogen (secondary N) is 1. The molecule has 1 unspecified atom stereocenters. The molecule has 1 aliphatic heterocycles. The van der Waals surface area contributed by atoms with Crippen LogP contribution in [0.3, 0.4) is 0 Å². The molecule has 0 spiro atoms. The maximum Gasteiger partial charge on any atom is 0.223 e. The molecule has 0 bridgehead atoms. The summed E-state index contributed by atoms with van der Waals surface area (Å²) in [6.07, 6.45) is 4.09. The number of amides is 1. The zero-order valence-corrected chi connectivity index (χ0v) is 14.1. The minimum Gasteiger partial charge on any atom is -0.379 e. The van der Waals surface area contributed by atoms with E-state index < -0.39 is 9.96 Å². The SMILES string of the molecule is CCCCCCC(=O)NC(N1CCOCC1)C(Cl)(Cl)Cl. The molecular weight excluding hydrogens is 323 g/mol. The highest BCUT2D eigenvalue weighted by molar-refractivity contribution is 6.68. The lowest BCUT2D eigenvalue weighted by atomic mass is 10.1. The van der Waals surface area contributed by atoms with Crippen LogP contribution in [0.2, 0.25) is 0 Å². The normalized spacial score (nSPS) is 18.8. The first-order valence-corrected chi connectivity index (χ1v) is 8.26. The van der Waals surface area contributed by atoms with Crippen LogP contribution in [-0.2, 0) is 9.53 Å². The van der Waals surface area contributed by atoms with Gasteiger partial charge < -0.3 is 10.1 Å². The highest BCUT2D eigenvalue weighted by Crippen LogP contribution is 2.32. The number of rotatable bonds is 7. The van der Waals surface area contributed by atoms with Crippen LogP contribution < -0.4 is 5.32 Å². The van der Waals surface area contributed by atoms with Crippen molar-refractivity contribution in [3.8, 4) is 0 Å². The zero-order chi connectivity index (χ0) is 15.0. The van der Waals surface area contributed by atoms with Crippen LogP contribution in [0.1, 0.15) is 39.0 Å². The molecule has 1 atom stereocenters. The van der Waals surface area contributed by atoms with Crippen molar-refractivity contribution in [3.63, 3.8) is 0 Å². The topological polar surface area (TPSA) is 41.6 Å². The molecule has 4 nitrogen and oxygen atoms in total. The van der Waals surface area contributed by atoms with Gasteiger partial charge in [0, 0.05) is 19.5 Å². The van der Waals surface area contributed by atoms with Crippen molar-refractivity contribution in [2.24, 2.45) is 0 Å². The lowest BCUT2D eigenvalue weighted by Crippen LogP contribution is -2.58. The number of morpholine rings is 1. The maximum atomic E-state index is 12.0. The Morgan fingerprint density at radius 1 is 1.25 bits per heavy atom. The van der Waals surface area contributed by atoms with Crippen molar-refractivity contribution in [1.82, 2.24) is 10.2 Å². The van der Waals surface area contributed by atoms with E-state index in [0.29, 0.717) is 32.7 Å². The van der Waals surface area contributed by atoms with E-state index in [4.69, 9.17) is 39.5 Å². The molecule has 0 aromatic heterocycles. The molecule has 1 aliphatic rings. The third kappa shape index (κ3) is 6.81. The van der Waals surface area contributed by atoms with Crippen molar-refractivity contribution in [2.75, 3.05) is 26.3 Å². The van der Waals surface area contributed by atoms with Gasteiger partial charge in [0.05, 0.1) is 13.2 Å². The van der Waals surface area contributed by atoms with Crippen LogP contribution in [-0.4, -0.2) is 47.1 Å². The van der Waals surface area contributed by atoms with E-state index >= 15 is 0 Å². The van der Waals surface area contributed by atoms with Gasteiger partial charge in [0.15, 0.2) is 0 Å². The van der Waals surface area contributed by atoms with Crippen molar-refractivity contribution in [1.29, 1.82) is 0 Å². The van der Waals surface area contributed by atoms with Crippen LogP contribution >= 0.6 is 34.8 Å². The largest absolute Gasteiger partial charge is 0.379 e. The smallest absolute Gasteiger partial charge is 0.223 e. The van der Waals surface area contributed by atoms with Gasteiger partial charge in [0.25, 0.3) is 0 Å². The van der Waals surface area contributed by atoms with Gasteiger partial charge >= 0.3 is 0 Å². The minimum absolute atomic E-state index is 0.0658. The minimum atomic E-state index is -1.55. The van der Waals surface area contributed by atoms with Gasteiger partial charge in [0.2, 0.25) is 9.70 Å². The van der Waals surface area contributed by atoms with Crippen LogP contribution in [0.5, 0.6) is 0 Å². The average molecular weight is 346 g/mol. The van der Waals surface area contributed by atoms with Crippen LogP contribution in [0.4, 0.5) is 0 Å². The maximum absolute atomic E-state index is 12.0. The summed E-state index contributed by atoms with van der Waals surface area (Å²) < 4.78 is 3.73. The van der Waals surface area contributed by atoms with E-state index in [1.165, 1.54) is 0 Å². The molecule has 1 saturated heterocycles. The second kappa shape index (κ2) is 9.31. The van der Waals surface area contributed by atoms with E-state index in [0.717, 1.165) is 25.7 Å². The van der Waals surface area contributed by atoms with Gasteiger partial charge in [-0.25, -0.2) is 0 Å². The van der Waals surface area contributed by atoms with Crippen molar-refractivity contribution in [3.05, 3.63) is 0 Å². The lowest BCUT2D eigenvalue weighted by Gasteiger charge is -2.38. The molecule has 1 rings (SSSR count). The van der Waals surface area contributed by atoms with Crippen LogP contribution in [0.15, 0.2) is 0 Å². The summed E-state index contributed by atoms with van der Waals surface area (Å²) in [5, 5.41) is 2.84. The summed E-state index contributed by atoms with van der Waals surface area (Å²) in [6.45, 7) is 4.61. The molecule has 118 valence electrons. The van der Waals surface area contributed by atoms with Crippen molar-refractivity contribution >= 4 is 40.7 Å². The Hall–Kier alpha value is 0.260. The fraction of sp³-hybridized carbons (Fsp3) is 0.923. The predicted molar refractivity (Wildman–Crippen MR) is 83.4 cm³/mol. The fourth-order valence-corrected chi connectivity index (χ4v) is 2.73. The monoisotopic (exact) mass is 344 g/mol. The molecule has 20 heavy (non-hydrogen) atoms. The number of hydrogen-bond donors (Lipinski definition) is 1. The Kier molecular flexibility index (Phi) is 8.53. The number of alkyl halides is 3. The zero-order valence-electron chi connectivity index (χ0n) is 11.8. The van der Waals surface area contributed by atoms with Gasteiger partial charge in [-0.3, -0.25) is 9.69 Å². The van der Waals surface area contributed by atoms with E-state index in [1.54, 1.807) is 0 Å². The number of hydrogen-bond acceptors (Lipinski definition) is 3. The lowest BCUT2D eigenvalue weighted by molar-refractivity contribution is -0.123. The second-order valence-electron chi connectivity index (χ2n) is 4.97. The fourth-order valence-electron chi connectivity index (χ4n) is 2.15. The van der Waals surface area contributed by atoms with E-state index in [-0.39, 0.29) is 5.91 Å². The summed E-state index contributed by atoms with van der Waals surface area (Å²) in [5.41, 5.74) is 0. The first-order valence-electron chi connectivity index (χ1n) is 7.13. The molecule has 7 heteroatoms. The first kappa shape index (κ1) is 18.3. The molecule has 1 N–H and O–H groups in total. The Morgan fingerprint density at radius 3 is 2.45 bits per heavy atom. The van der Waals surface area contributed by atoms with Gasteiger partial charge in [-0.15, -0.1) is 0 Å².